The van der Waals surface area contributed by atoms with E-state index in [1.807, 2.05) is 20.8 Å². The number of amides is 1. The number of rotatable bonds is 4. The molecule has 1 saturated heterocycles. The van der Waals surface area contributed by atoms with Crippen LogP contribution in [0.3, 0.4) is 0 Å². The Labute approximate surface area is 90.3 Å². The highest BCUT2D eigenvalue weighted by Crippen LogP contribution is 2.31. The van der Waals surface area contributed by atoms with Crippen LogP contribution >= 0.6 is 0 Å². The second-order valence-electron chi connectivity index (χ2n) is 4.50. The van der Waals surface area contributed by atoms with Gasteiger partial charge in [-0.15, -0.1) is 0 Å². The lowest BCUT2D eigenvalue weighted by Crippen LogP contribution is -2.30. The number of hydrogen-bond acceptors (Lipinski definition) is 2. The molecule has 86 valence electrons. The van der Waals surface area contributed by atoms with E-state index < -0.39 is 11.9 Å². The number of aliphatic carboxylic acids is 1. The molecule has 1 aliphatic rings. The van der Waals surface area contributed by atoms with Crippen LogP contribution in [0.5, 0.6) is 0 Å². The van der Waals surface area contributed by atoms with E-state index in [0.29, 0.717) is 13.1 Å². The van der Waals surface area contributed by atoms with E-state index in [9.17, 15) is 9.59 Å². The Morgan fingerprint density at radius 2 is 2.20 bits per heavy atom. The second-order valence-corrected chi connectivity index (χ2v) is 4.50. The molecule has 1 aliphatic heterocycles. The van der Waals surface area contributed by atoms with Gasteiger partial charge in [0.15, 0.2) is 0 Å². The molecular formula is C11H19NO3. The first-order chi connectivity index (χ1) is 6.99. The summed E-state index contributed by atoms with van der Waals surface area (Å²) in [6, 6.07) is 0. The van der Waals surface area contributed by atoms with Gasteiger partial charge < -0.3 is 10.0 Å². The van der Waals surface area contributed by atoms with Gasteiger partial charge in [-0.1, -0.05) is 20.8 Å². The first-order valence-electron chi connectivity index (χ1n) is 5.50. The fourth-order valence-electron chi connectivity index (χ4n) is 2.28. The normalized spacial score (nSPS) is 26.4. The van der Waals surface area contributed by atoms with Crippen molar-refractivity contribution in [3.05, 3.63) is 0 Å². The van der Waals surface area contributed by atoms with Gasteiger partial charge in [0, 0.05) is 13.1 Å². The average molecular weight is 213 g/mol. The SMILES string of the molecule is CCCN1CC(C(=O)O)C(C(C)C)C1=O. The summed E-state index contributed by atoms with van der Waals surface area (Å²) in [6.07, 6.45) is 0.878. The number of carboxylic acid groups (broad SMARTS) is 1. The van der Waals surface area contributed by atoms with Gasteiger partial charge in [-0.05, 0) is 12.3 Å². The molecule has 0 aromatic rings. The summed E-state index contributed by atoms with van der Waals surface area (Å²) in [5.41, 5.74) is 0. The Hall–Kier alpha value is -1.06. The van der Waals surface area contributed by atoms with E-state index in [2.05, 4.69) is 0 Å². The van der Waals surface area contributed by atoms with E-state index >= 15 is 0 Å². The topological polar surface area (TPSA) is 57.6 Å². The number of hydrogen-bond donors (Lipinski definition) is 1. The number of likely N-dealkylation sites (tertiary alicyclic amines) is 1. The molecule has 1 amide bonds. The van der Waals surface area contributed by atoms with Crippen LogP contribution in [0.4, 0.5) is 0 Å². The van der Waals surface area contributed by atoms with Crippen molar-refractivity contribution in [3.63, 3.8) is 0 Å². The van der Waals surface area contributed by atoms with Crippen LogP contribution in [0.25, 0.3) is 0 Å². The summed E-state index contributed by atoms with van der Waals surface area (Å²) in [5.74, 6) is -1.60. The van der Waals surface area contributed by atoms with Crippen molar-refractivity contribution in [2.45, 2.75) is 27.2 Å². The minimum Gasteiger partial charge on any atom is -0.481 e. The van der Waals surface area contributed by atoms with E-state index in [4.69, 9.17) is 5.11 Å². The highest BCUT2D eigenvalue weighted by molar-refractivity contribution is 5.88. The highest BCUT2D eigenvalue weighted by Gasteiger charge is 2.45. The van der Waals surface area contributed by atoms with Gasteiger partial charge in [0.25, 0.3) is 0 Å². The lowest BCUT2D eigenvalue weighted by atomic mass is 9.86. The zero-order valence-electron chi connectivity index (χ0n) is 9.56. The highest BCUT2D eigenvalue weighted by atomic mass is 16.4. The molecule has 0 radical (unpaired) electrons. The standard InChI is InChI=1S/C11H19NO3/c1-4-5-12-6-8(11(14)15)9(7(2)3)10(12)13/h7-9H,4-6H2,1-3H3,(H,14,15). The molecule has 0 aliphatic carbocycles. The minimum atomic E-state index is -0.847. The van der Waals surface area contributed by atoms with Crippen molar-refractivity contribution in [1.82, 2.24) is 4.90 Å². The predicted molar refractivity (Wildman–Crippen MR) is 56.3 cm³/mol. The largest absolute Gasteiger partial charge is 0.481 e. The predicted octanol–water partition coefficient (Wildman–Crippen LogP) is 1.21. The maximum Gasteiger partial charge on any atom is 0.309 e. The van der Waals surface area contributed by atoms with Gasteiger partial charge >= 0.3 is 5.97 Å². The lowest BCUT2D eigenvalue weighted by Gasteiger charge is -2.17. The second kappa shape index (κ2) is 4.64. The third kappa shape index (κ3) is 2.30. The molecule has 1 N–H and O–H groups in total. The van der Waals surface area contributed by atoms with E-state index in [1.165, 1.54) is 0 Å². The minimum absolute atomic E-state index is 0.0132. The molecule has 0 bridgehead atoms. The van der Waals surface area contributed by atoms with Crippen molar-refractivity contribution < 1.29 is 14.7 Å². The number of carbonyl (C=O) groups excluding carboxylic acids is 1. The maximum absolute atomic E-state index is 11.9. The molecule has 0 saturated carbocycles. The van der Waals surface area contributed by atoms with E-state index in [1.54, 1.807) is 4.90 Å². The molecule has 2 atom stereocenters. The summed E-state index contributed by atoms with van der Waals surface area (Å²) < 4.78 is 0. The van der Waals surface area contributed by atoms with Crippen LogP contribution < -0.4 is 0 Å². The maximum atomic E-state index is 11.9. The molecule has 2 unspecified atom stereocenters. The Bertz CT molecular complexity index is 263. The molecular weight excluding hydrogens is 194 g/mol. The van der Waals surface area contributed by atoms with Crippen molar-refractivity contribution in [1.29, 1.82) is 0 Å². The Kier molecular flexibility index (Phi) is 3.72. The first-order valence-corrected chi connectivity index (χ1v) is 5.50. The average Bonchev–Trinajstić information content (AvgIpc) is 2.44. The summed E-state index contributed by atoms with van der Waals surface area (Å²) in [6.45, 7) is 6.87. The lowest BCUT2D eigenvalue weighted by molar-refractivity contribution is -0.145. The van der Waals surface area contributed by atoms with E-state index in [0.717, 1.165) is 6.42 Å². The molecule has 4 nitrogen and oxygen atoms in total. The third-order valence-corrected chi connectivity index (χ3v) is 2.98. The van der Waals surface area contributed by atoms with Gasteiger partial charge in [-0.3, -0.25) is 9.59 Å². The number of nitrogens with zero attached hydrogens (tertiary/aromatic N) is 1. The third-order valence-electron chi connectivity index (χ3n) is 2.98. The van der Waals surface area contributed by atoms with Crippen molar-refractivity contribution >= 4 is 11.9 Å². The fraction of sp³-hybridized carbons (Fsp3) is 0.818. The summed E-state index contributed by atoms with van der Waals surface area (Å²) in [4.78, 5) is 24.6. The first kappa shape index (κ1) is 12.0. The van der Waals surface area contributed by atoms with Crippen LogP contribution in [-0.4, -0.2) is 35.0 Å². The molecule has 0 aromatic heterocycles. The van der Waals surface area contributed by atoms with Gasteiger partial charge in [0.2, 0.25) is 5.91 Å². The van der Waals surface area contributed by atoms with Gasteiger partial charge in [0.1, 0.15) is 0 Å². The molecule has 15 heavy (non-hydrogen) atoms. The summed E-state index contributed by atoms with van der Waals surface area (Å²) in [5, 5.41) is 9.06. The zero-order chi connectivity index (χ0) is 11.6. The Morgan fingerprint density at radius 3 is 2.53 bits per heavy atom. The van der Waals surface area contributed by atoms with Crippen LogP contribution in [0.2, 0.25) is 0 Å². The molecule has 0 aromatic carbocycles. The van der Waals surface area contributed by atoms with Crippen LogP contribution in [0.15, 0.2) is 0 Å². The summed E-state index contributed by atoms with van der Waals surface area (Å²) >= 11 is 0. The fourth-order valence-corrected chi connectivity index (χ4v) is 2.28. The van der Waals surface area contributed by atoms with E-state index in [-0.39, 0.29) is 17.7 Å². The van der Waals surface area contributed by atoms with Crippen molar-refractivity contribution in [3.8, 4) is 0 Å². The Balaban J connectivity index is 2.82. The van der Waals surface area contributed by atoms with Crippen LogP contribution in [0.1, 0.15) is 27.2 Å². The molecule has 1 fully saturated rings. The van der Waals surface area contributed by atoms with Gasteiger partial charge in [0.05, 0.1) is 11.8 Å². The van der Waals surface area contributed by atoms with Crippen molar-refractivity contribution in [2.24, 2.45) is 17.8 Å². The zero-order valence-corrected chi connectivity index (χ0v) is 9.56. The van der Waals surface area contributed by atoms with Gasteiger partial charge in [-0.25, -0.2) is 0 Å². The van der Waals surface area contributed by atoms with Crippen LogP contribution in [0, 0.1) is 17.8 Å². The van der Waals surface area contributed by atoms with Crippen molar-refractivity contribution in [2.75, 3.05) is 13.1 Å². The number of carboxylic acids is 1. The monoisotopic (exact) mass is 213 g/mol. The molecule has 1 rings (SSSR count). The Morgan fingerprint density at radius 1 is 1.60 bits per heavy atom. The van der Waals surface area contributed by atoms with Crippen LogP contribution in [-0.2, 0) is 9.59 Å². The quantitative estimate of drug-likeness (QED) is 0.763. The smallest absolute Gasteiger partial charge is 0.309 e. The molecule has 1 heterocycles. The molecule has 4 heteroatoms. The number of carbonyl (C=O) groups is 2. The molecule has 0 spiro atoms. The van der Waals surface area contributed by atoms with Gasteiger partial charge in [-0.2, -0.15) is 0 Å². The summed E-state index contributed by atoms with van der Waals surface area (Å²) in [7, 11) is 0.